The number of methoxy groups -OCH3 is 1. The molecular weight excluding hydrogens is 465 g/mol. The van der Waals surface area contributed by atoms with Crippen molar-refractivity contribution in [2.24, 2.45) is 0 Å². The van der Waals surface area contributed by atoms with Crippen molar-refractivity contribution >= 4 is 41.0 Å². The predicted octanol–water partition coefficient (Wildman–Crippen LogP) is 5.12. The molecule has 6 nitrogen and oxygen atoms in total. The SMILES string of the molecule is COC(=O)c1cccc(CN(C(=O)c2ccc(Cl)cc2Cl)C(Cc2ccccc2)C(=O)O)c1. The van der Waals surface area contributed by atoms with E-state index in [-0.39, 0.29) is 23.6 Å². The van der Waals surface area contributed by atoms with Crippen LogP contribution in [0.1, 0.15) is 31.8 Å². The third-order valence-corrected chi connectivity index (χ3v) is 5.60. The summed E-state index contributed by atoms with van der Waals surface area (Å²) in [5.74, 6) is -2.26. The van der Waals surface area contributed by atoms with Crippen molar-refractivity contribution in [3.05, 3.63) is 105 Å². The second kappa shape index (κ2) is 11.0. The van der Waals surface area contributed by atoms with Crippen molar-refractivity contribution in [3.63, 3.8) is 0 Å². The molecule has 0 bridgehead atoms. The van der Waals surface area contributed by atoms with Crippen molar-refractivity contribution in [2.75, 3.05) is 7.11 Å². The molecule has 1 amide bonds. The zero-order chi connectivity index (χ0) is 24.0. The Hall–Kier alpha value is -3.35. The molecule has 0 saturated heterocycles. The van der Waals surface area contributed by atoms with Gasteiger partial charge in [-0.1, -0.05) is 65.7 Å². The predicted molar refractivity (Wildman–Crippen MR) is 126 cm³/mol. The van der Waals surface area contributed by atoms with Crippen LogP contribution in [0.25, 0.3) is 0 Å². The highest BCUT2D eigenvalue weighted by atomic mass is 35.5. The van der Waals surface area contributed by atoms with Crippen molar-refractivity contribution in [1.82, 2.24) is 4.90 Å². The Balaban J connectivity index is 2.03. The smallest absolute Gasteiger partial charge is 0.337 e. The zero-order valence-corrected chi connectivity index (χ0v) is 19.2. The van der Waals surface area contributed by atoms with Crippen LogP contribution in [0.5, 0.6) is 0 Å². The zero-order valence-electron chi connectivity index (χ0n) is 17.7. The highest BCUT2D eigenvalue weighted by Gasteiger charge is 2.32. The number of carboxylic acids is 1. The van der Waals surface area contributed by atoms with Gasteiger partial charge in [0.05, 0.1) is 23.3 Å². The molecule has 3 rings (SSSR count). The summed E-state index contributed by atoms with van der Waals surface area (Å²) in [6, 6.07) is 18.7. The molecule has 1 unspecified atom stereocenters. The van der Waals surface area contributed by atoms with Crippen LogP contribution < -0.4 is 0 Å². The summed E-state index contributed by atoms with van der Waals surface area (Å²) >= 11 is 12.2. The number of carbonyl (C=O) groups is 3. The van der Waals surface area contributed by atoms with Crippen molar-refractivity contribution < 1.29 is 24.2 Å². The van der Waals surface area contributed by atoms with Gasteiger partial charge in [0, 0.05) is 18.0 Å². The molecule has 0 radical (unpaired) electrons. The van der Waals surface area contributed by atoms with E-state index in [9.17, 15) is 19.5 Å². The maximum atomic E-state index is 13.5. The van der Waals surface area contributed by atoms with E-state index >= 15 is 0 Å². The number of nitrogens with zero attached hydrogens (tertiary/aromatic N) is 1. The summed E-state index contributed by atoms with van der Waals surface area (Å²) in [5.41, 5.74) is 1.75. The Morgan fingerprint density at radius 3 is 2.27 bits per heavy atom. The Bertz CT molecular complexity index is 1170. The fourth-order valence-electron chi connectivity index (χ4n) is 3.42. The Morgan fingerprint density at radius 1 is 0.939 bits per heavy atom. The Labute approximate surface area is 201 Å². The van der Waals surface area contributed by atoms with E-state index in [0.717, 1.165) is 5.56 Å². The molecule has 0 spiro atoms. The number of aliphatic carboxylic acids is 1. The summed E-state index contributed by atoms with van der Waals surface area (Å²) in [4.78, 5) is 39.0. The largest absolute Gasteiger partial charge is 0.480 e. The number of esters is 1. The standard InChI is InChI=1S/C25H21Cl2NO5/c1-33-25(32)18-9-5-8-17(12-18)15-28(23(29)20-11-10-19(26)14-21(20)27)22(24(30)31)13-16-6-3-2-4-7-16/h2-12,14,22H,13,15H2,1H3,(H,30,31). The van der Waals surface area contributed by atoms with Crippen molar-refractivity contribution in [1.29, 1.82) is 0 Å². The molecule has 0 fully saturated rings. The number of benzene rings is 3. The van der Waals surface area contributed by atoms with Crippen LogP contribution in [0.4, 0.5) is 0 Å². The molecule has 170 valence electrons. The van der Waals surface area contributed by atoms with E-state index < -0.39 is 23.9 Å². The molecule has 0 aromatic heterocycles. The van der Waals surface area contributed by atoms with Crippen LogP contribution in [0.15, 0.2) is 72.8 Å². The summed E-state index contributed by atoms with van der Waals surface area (Å²) in [5, 5.41) is 10.5. The van der Waals surface area contributed by atoms with Crippen LogP contribution in [-0.2, 0) is 22.5 Å². The second-order valence-electron chi connectivity index (χ2n) is 7.29. The first kappa shape index (κ1) is 24.3. The first-order valence-corrected chi connectivity index (χ1v) is 10.8. The molecule has 1 atom stereocenters. The maximum Gasteiger partial charge on any atom is 0.337 e. The monoisotopic (exact) mass is 485 g/mol. The molecule has 8 heteroatoms. The summed E-state index contributed by atoms with van der Waals surface area (Å²) in [7, 11) is 1.27. The number of amides is 1. The summed E-state index contributed by atoms with van der Waals surface area (Å²) < 4.78 is 4.76. The normalized spacial score (nSPS) is 11.5. The lowest BCUT2D eigenvalue weighted by Crippen LogP contribution is -2.46. The molecule has 0 aliphatic heterocycles. The molecule has 0 saturated carbocycles. The third-order valence-electron chi connectivity index (χ3n) is 5.06. The fourth-order valence-corrected chi connectivity index (χ4v) is 3.91. The lowest BCUT2D eigenvalue weighted by molar-refractivity contribution is -0.142. The lowest BCUT2D eigenvalue weighted by Gasteiger charge is -2.30. The third kappa shape index (κ3) is 6.12. The second-order valence-corrected chi connectivity index (χ2v) is 8.14. The van der Waals surface area contributed by atoms with Gasteiger partial charge in [0.25, 0.3) is 5.91 Å². The minimum absolute atomic E-state index is 0.0631. The number of hydrogen-bond donors (Lipinski definition) is 1. The fraction of sp³-hybridized carbons (Fsp3) is 0.160. The molecule has 33 heavy (non-hydrogen) atoms. The number of halogens is 2. The summed E-state index contributed by atoms with van der Waals surface area (Å²) in [6.07, 6.45) is 0.0871. The number of rotatable bonds is 8. The quantitative estimate of drug-likeness (QED) is 0.447. The van der Waals surface area contributed by atoms with Crippen LogP contribution in [0.3, 0.4) is 0 Å². The molecule has 3 aromatic carbocycles. The first-order chi connectivity index (χ1) is 15.8. The van der Waals surface area contributed by atoms with Crippen molar-refractivity contribution in [3.8, 4) is 0 Å². The highest BCUT2D eigenvalue weighted by molar-refractivity contribution is 6.36. The molecule has 1 N–H and O–H groups in total. The van der Waals surface area contributed by atoms with E-state index in [2.05, 4.69) is 0 Å². The van der Waals surface area contributed by atoms with E-state index in [1.54, 1.807) is 48.5 Å². The first-order valence-electron chi connectivity index (χ1n) is 10.00. The Morgan fingerprint density at radius 2 is 1.64 bits per heavy atom. The average molecular weight is 486 g/mol. The van der Waals surface area contributed by atoms with Gasteiger partial charge in [-0.25, -0.2) is 9.59 Å². The van der Waals surface area contributed by atoms with Crippen molar-refractivity contribution in [2.45, 2.75) is 19.0 Å². The molecule has 0 heterocycles. The van der Waals surface area contributed by atoms with Crippen LogP contribution in [0, 0.1) is 0 Å². The molecular formula is C25H21Cl2NO5. The topological polar surface area (TPSA) is 83.9 Å². The highest BCUT2D eigenvalue weighted by Crippen LogP contribution is 2.25. The van der Waals surface area contributed by atoms with Gasteiger partial charge in [0.1, 0.15) is 6.04 Å². The maximum absolute atomic E-state index is 13.5. The van der Waals surface area contributed by atoms with Gasteiger partial charge < -0.3 is 14.7 Å². The van der Waals surface area contributed by atoms with Gasteiger partial charge in [-0.3, -0.25) is 4.79 Å². The van der Waals surface area contributed by atoms with Gasteiger partial charge in [-0.2, -0.15) is 0 Å². The van der Waals surface area contributed by atoms with Crippen LogP contribution >= 0.6 is 23.2 Å². The van der Waals surface area contributed by atoms with E-state index in [1.807, 2.05) is 6.07 Å². The number of carbonyl (C=O) groups excluding carboxylic acids is 2. The summed E-state index contributed by atoms with van der Waals surface area (Å²) in [6.45, 7) is -0.0631. The molecule has 3 aromatic rings. The molecule has 0 aliphatic rings. The van der Waals surface area contributed by atoms with Gasteiger partial charge in [-0.05, 0) is 41.5 Å². The minimum Gasteiger partial charge on any atom is -0.480 e. The van der Waals surface area contributed by atoms with E-state index in [0.29, 0.717) is 16.1 Å². The number of carboxylic acid groups (broad SMARTS) is 1. The van der Waals surface area contributed by atoms with Gasteiger partial charge >= 0.3 is 11.9 Å². The van der Waals surface area contributed by atoms with Gasteiger partial charge in [-0.15, -0.1) is 0 Å². The average Bonchev–Trinajstić information content (AvgIpc) is 2.81. The van der Waals surface area contributed by atoms with Crippen LogP contribution in [0.2, 0.25) is 10.0 Å². The number of hydrogen-bond acceptors (Lipinski definition) is 4. The number of ether oxygens (including phenoxy) is 1. The van der Waals surface area contributed by atoms with Crippen LogP contribution in [-0.4, -0.2) is 41.0 Å². The molecule has 0 aliphatic carbocycles. The minimum atomic E-state index is -1.19. The Kier molecular flexibility index (Phi) is 8.09. The van der Waals surface area contributed by atoms with E-state index in [4.69, 9.17) is 27.9 Å². The van der Waals surface area contributed by atoms with Gasteiger partial charge in [0.15, 0.2) is 0 Å². The van der Waals surface area contributed by atoms with E-state index in [1.165, 1.54) is 30.2 Å². The lowest BCUT2D eigenvalue weighted by atomic mass is 10.0. The van der Waals surface area contributed by atoms with Gasteiger partial charge in [0.2, 0.25) is 0 Å².